The number of allylic oxidation sites excluding steroid dienone is 22. The van der Waals surface area contributed by atoms with Crippen molar-refractivity contribution >= 4 is 23.9 Å². The van der Waals surface area contributed by atoms with Gasteiger partial charge < -0.3 is 39.0 Å². The lowest BCUT2D eigenvalue weighted by atomic mass is 9.98. The van der Waals surface area contributed by atoms with Gasteiger partial charge >= 0.3 is 23.9 Å². The number of aliphatic carboxylic acids is 1. The van der Waals surface area contributed by atoms with Crippen LogP contribution in [0.2, 0.25) is 0 Å². The zero-order valence-corrected chi connectivity index (χ0v) is 48.8. The van der Waals surface area contributed by atoms with Crippen molar-refractivity contribution in [3.63, 3.8) is 0 Å². The number of carbonyl (C=O) groups is 4. The maximum atomic E-state index is 13.2. The van der Waals surface area contributed by atoms with E-state index in [4.69, 9.17) is 23.7 Å². The monoisotopic (exact) mass is 1100 g/mol. The molecule has 0 aliphatic carbocycles. The second kappa shape index (κ2) is 53.5. The molecule has 1 aliphatic rings. The molecule has 0 bridgehead atoms. The molecule has 1 heterocycles. The topological polar surface area (TPSA) is 175 Å². The number of unbranched alkanes of at least 4 members (excludes halogenated alkanes) is 13. The predicted octanol–water partition coefficient (Wildman–Crippen LogP) is 15.8. The van der Waals surface area contributed by atoms with Crippen LogP contribution in [0.15, 0.2) is 134 Å². The fourth-order valence-corrected chi connectivity index (χ4v) is 8.21. The van der Waals surface area contributed by atoms with Crippen molar-refractivity contribution in [2.75, 3.05) is 13.2 Å². The van der Waals surface area contributed by atoms with Gasteiger partial charge in [-0.25, -0.2) is 4.79 Å². The van der Waals surface area contributed by atoms with Crippen LogP contribution in [-0.4, -0.2) is 89.2 Å². The molecule has 12 nitrogen and oxygen atoms in total. The first kappa shape index (κ1) is 71.9. The van der Waals surface area contributed by atoms with Crippen molar-refractivity contribution in [3.05, 3.63) is 134 Å². The number of hydrogen-bond donors (Lipinski definition) is 3. The van der Waals surface area contributed by atoms with Gasteiger partial charge in [-0.1, -0.05) is 212 Å². The van der Waals surface area contributed by atoms with Gasteiger partial charge in [-0.3, -0.25) is 14.4 Å². The quantitative estimate of drug-likeness (QED) is 0.0228. The number of esters is 3. The fraction of sp³-hybridized carbons (Fsp3) is 0.612. The number of aliphatic hydroxyl groups excluding tert-OH is 2. The first-order chi connectivity index (χ1) is 38.6. The van der Waals surface area contributed by atoms with Crippen LogP contribution in [0, 0.1) is 0 Å². The van der Waals surface area contributed by atoms with Gasteiger partial charge in [0.1, 0.15) is 18.8 Å². The number of ether oxygens (including phenoxy) is 5. The lowest BCUT2D eigenvalue weighted by Crippen LogP contribution is -2.61. The molecule has 0 aromatic rings. The van der Waals surface area contributed by atoms with Crippen molar-refractivity contribution in [3.8, 4) is 0 Å². The third kappa shape index (κ3) is 43.4. The highest BCUT2D eigenvalue weighted by Gasteiger charge is 2.50. The standard InChI is InChI=1S/C67H104O12/c1-4-7-10-13-16-19-22-25-27-29-30-32-33-36-38-41-44-47-50-53-59(68)75-56-58(77-60(69)54-51-48-45-42-40-37-34-31-28-26-23-20-17-14-11-8-5-2)57-76-67-65(63(72)62(71)64(79-67)66(73)74)78-61(70)55-52-49-46-43-39-35-24-21-18-15-12-9-6-3/h7-12,16-21,25-28,30,32,35,39,46,49,58,62-65,67,71-72H,4-6,13-15,22-24,29,31,33-34,36-38,40-45,47-48,50-57H2,1-3H3,(H,73,74)/b10-7-,11-8-,12-9-,19-16-,20-17-,21-18-,27-25-,28-26-,32-30-,39-35-,49-46-. The van der Waals surface area contributed by atoms with Crippen LogP contribution in [0.25, 0.3) is 0 Å². The Morgan fingerprint density at radius 1 is 0.418 bits per heavy atom. The van der Waals surface area contributed by atoms with Crippen molar-refractivity contribution in [2.45, 2.75) is 250 Å². The van der Waals surface area contributed by atoms with Crippen LogP contribution in [0.3, 0.4) is 0 Å². The maximum absolute atomic E-state index is 13.2. The van der Waals surface area contributed by atoms with E-state index in [1.807, 2.05) is 18.2 Å². The summed E-state index contributed by atoms with van der Waals surface area (Å²) in [7, 11) is 0. The molecular formula is C67H104O12. The highest BCUT2D eigenvalue weighted by Crippen LogP contribution is 2.26. The van der Waals surface area contributed by atoms with E-state index < -0.39 is 67.3 Å². The minimum absolute atomic E-state index is 0.0702. The van der Waals surface area contributed by atoms with E-state index in [0.717, 1.165) is 148 Å². The predicted molar refractivity (Wildman–Crippen MR) is 321 cm³/mol. The molecule has 0 aromatic carbocycles. The molecule has 1 saturated heterocycles. The number of carboxylic acids is 1. The summed E-state index contributed by atoms with van der Waals surface area (Å²) >= 11 is 0. The summed E-state index contributed by atoms with van der Waals surface area (Å²) in [5.41, 5.74) is 0. The molecule has 0 saturated carbocycles. The summed E-state index contributed by atoms with van der Waals surface area (Å²) in [6.07, 6.45) is 62.9. The maximum Gasteiger partial charge on any atom is 0.335 e. The first-order valence-electron chi connectivity index (χ1n) is 30.2. The molecule has 6 unspecified atom stereocenters. The average molecular weight is 1100 g/mol. The molecule has 1 rings (SSSR count). The molecule has 79 heavy (non-hydrogen) atoms. The second-order valence-electron chi connectivity index (χ2n) is 19.8. The zero-order chi connectivity index (χ0) is 57.5. The van der Waals surface area contributed by atoms with Gasteiger partial charge in [0.2, 0.25) is 0 Å². The average Bonchev–Trinajstić information content (AvgIpc) is 3.44. The number of hydrogen-bond acceptors (Lipinski definition) is 11. The molecule has 1 aliphatic heterocycles. The Bertz CT molecular complexity index is 1880. The van der Waals surface area contributed by atoms with Gasteiger partial charge in [0, 0.05) is 19.3 Å². The second-order valence-corrected chi connectivity index (χ2v) is 19.8. The van der Waals surface area contributed by atoms with Gasteiger partial charge in [0.25, 0.3) is 0 Å². The Morgan fingerprint density at radius 2 is 0.785 bits per heavy atom. The summed E-state index contributed by atoms with van der Waals surface area (Å²) in [5, 5.41) is 31.5. The van der Waals surface area contributed by atoms with Gasteiger partial charge in [0.15, 0.2) is 24.6 Å². The van der Waals surface area contributed by atoms with Crippen LogP contribution >= 0.6 is 0 Å². The zero-order valence-electron chi connectivity index (χ0n) is 48.8. The van der Waals surface area contributed by atoms with E-state index in [1.54, 1.807) is 0 Å². The Labute approximate surface area is 477 Å². The van der Waals surface area contributed by atoms with E-state index in [9.17, 15) is 34.5 Å². The van der Waals surface area contributed by atoms with Crippen molar-refractivity contribution in [1.82, 2.24) is 0 Å². The lowest BCUT2D eigenvalue weighted by Gasteiger charge is -2.40. The van der Waals surface area contributed by atoms with E-state index in [1.165, 1.54) is 0 Å². The molecule has 444 valence electrons. The SMILES string of the molecule is CC/C=C\C/C=C\C/C=C\C/C=C\CCCCCCCCC(=O)OCC(COC1OC(C(=O)O)C(O)C(O)C1OC(=O)CC/C=C\C/C=C\C/C=C\C/C=C\CC)OC(=O)CCCCCCCCC/C=C\C/C=C\C/C=C\CC. The number of carboxylic acid groups (broad SMARTS) is 1. The minimum atomic E-state index is -1.94. The number of aliphatic hydroxyl groups is 2. The normalized spacial score (nSPS) is 18.8. The largest absolute Gasteiger partial charge is 0.479 e. The number of carbonyl (C=O) groups excluding carboxylic acids is 3. The Hall–Kier alpha value is -5.14. The molecule has 1 fully saturated rings. The summed E-state index contributed by atoms with van der Waals surface area (Å²) in [6.45, 7) is 5.59. The van der Waals surface area contributed by atoms with E-state index in [2.05, 4.69) is 136 Å². The van der Waals surface area contributed by atoms with E-state index >= 15 is 0 Å². The first-order valence-corrected chi connectivity index (χ1v) is 30.2. The van der Waals surface area contributed by atoms with Gasteiger partial charge in [-0.05, 0) is 116 Å². The van der Waals surface area contributed by atoms with Gasteiger partial charge in [-0.2, -0.15) is 0 Å². The van der Waals surface area contributed by atoms with Crippen LogP contribution in [0.1, 0.15) is 213 Å². The van der Waals surface area contributed by atoms with Gasteiger partial charge in [0.05, 0.1) is 6.61 Å². The highest BCUT2D eigenvalue weighted by molar-refractivity contribution is 5.74. The molecule has 0 spiro atoms. The number of rotatable bonds is 49. The third-order valence-electron chi connectivity index (χ3n) is 12.7. The molecule has 6 atom stereocenters. The smallest absolute Gasteiger partial charge is 0.335 e. The lowest BCUT2D eigenvalue weighted by molar-refractivity contribution is -0.301. The summed E-state index contributed by atoms with van der Waals surface area (Å²) < 4.78 is 28.3. The van der Waals surface area contributed by atoms with Gasteiger partial charge in [-0.15, -0.1) is 0 Å². The van der Waals surface area contributed by atoms with Crippen molar-refractivity contribution < 1.29 is 58.2 Å². The van der Waals surface area contributed by atoms with Crippen LogP contribution in [-0.2, 0) is 42.9 Å². The molecule has 0 radical (unpaired) electrons. The fourth-order valence-electron chi connectivity index (χ4n) is 8.21. The van der Waals surface area contributed by atoms with Crippen LogP contribution in [0.5, 0.6) is 0 Å². The molecular weight excluding hydrogens is 997 g/mol. The van der Waals surface area contributed by atoms with Crippen LogP contribution < -0.4 is 0 Å². The molecule has 12 heteroatoms. The minimum Gasteiger partial charge on any atom is -0.479 e. The van der Waals surface area contributed by atoms with E-state index in [-0.39, 0.29) is 25.9 Å². The Balaban J connectivity index is 2.73. The van der Waals surface area contributed by atoms with E-state index in [0.29, 0.717) is 25.7 Å². The summed E-state index contributed by atoms with van der Waals surface area (Å²) in [5.74, 6) is -3.28. The Kier molecular flexibility index (Phi) is 48.7. The third-order valence-corrected chi connectivity index (χ3v) is 12.7. The molecule has 0 amide bonds. The van der Waals surface area contributed by atoms with Crippen molar-refractivity contribution in [2.24, 2.45) is 0 Å². The summed E-state index contributed by atoms with van der Waals surface area (Å²) in [6, 6.07) is 0. The van der Waals surface area contributed by atoms with Crippen LogP contribution in [0.4, 0.5) is 0 Å². The Morgan fingerprint density at radius 3 is 1.20 bits per heavy atom. The highest BCUT2D eigenvalue weighted by atomic mass is 16.7. The molecule has 0 aromatic heterocycles. The molecule has 3 N–H and O–H groups in total. The summed E-state index contributed by atoms with van der Waals surface area (Å²) in [4.78, 5) is 51.2. The van der Waals surface area contributed by atoms with Crippen molar-refractivity contribution in [1.29, 1.82) is 0 Å².